The monoisotopic (exact) mass is 407 g/mol. The van der Waals surface area contributed by atoms with E-state index in [4.69, 9.17) is 4.74 Å². The lowest BCUT2D eigenvalue weighted by Crippen LogP contribution is -2.23. The van der Waals surface area contributed by atoms with Crippen LogP contribution in [0.1, 0.15) is 35.3 Å². The molecule has 3 aromatic rings. The number of hydrogen-bond donors (Lipinski definition) is 2. The fourth-order valence-electron chi connectivity index (χ4n) is 2.73. The van der Waals surface area contributed by atoms with Crippen molar-refractivity contribution in [3.8, 4) is 11.6 Å². The van der Waals surface area contributed by atoms with Gasteiger partial charge in [0.15, 0.2) is 0 Å². The third kappa shape index (κ3) is 5.18. The number of aromatic nitrogens is 1. The number of nitro groups is 1. The lowest BCUT2D eigenvalue weighted by molar-refractivity contribution is -0.384. The number of non-ortho nitro benzene ring substituents is 1. The van der Waals surface area contributed by atoms with Crippen LogP contribution in [0.5, 0.6) is 11.6 Å². The maximum Gasteiger partial charge on any atom is 0.273 e. The molecule has 0 spiro atoms. The largest absolute Gasteiger partial charge is 0.438 e. The second kappa shape index (κ2) is 8.71. The normalized spacial score (nSPS) is 11.0. The molecule has 1 aromatic heterocycles. The number of nitro benzene ring substituents is 1. The summed E-state index contributed by atoms with van der Waals surface area (Å²) in [5, 5.41) is 23.8. The van der Waals surface area contributed by atoms with Gasteiger partial charge in [-0.2, -0.15) is 0 Å². The van der Waals surface area contributed by atoms with E-state index in [2.05, 4.69) is 10.3 Å². The van der Waals surface area contributed by atoms with Crippen LogP contribution in [-0.4, -0.2) is 20.9 Å². The van der Waals surface area contributed by atoms with Crippen molar-refractivity contribution < 1.29 is 19.6 Å². The van der Waals surface area contributed by atoms with Gasteiger partial charge in [0.1, 0.15) is 11.3 Å². The summed E-state index contributed by atoms with van der Waals surface area (Å²) in [7, 11) is 0. The number of hydrogen-bond acceptors (Lipinski definition) is 6. The van der Waals surface area contributed by atoms with Crippen LogP contribution in [-0.2, 0) is 12.1 Å². The van der Waals surface area contributed by atoms with Crippen molar-refractivity contribution >= 4 is 11.6 Å². The molecule has 0 aliphatic rings. The van der Waals surface area contributed by atoms with Crippen LogP contribution in [0.15, 0.2) is 66.9 Å². The van der Waals surface area contributed by atoms with E-state index in [1.54, 1.807) is 32.0 Å². The number of aliphatic hydroxyl groups is 1. The average Bonchev–Trinajstić information content (AvgIpc) is 2.72. The van der Waals surface area contributed by atoms with Gasteiger partial charge in [0.05, 0.1) is 16.6 Å². The first-order chi connectivity index (χ1) is 14.2. The minimum absolute atomic E-state index is 0.0490. The number of rotatable bonds is 7. The molecule has 1 heterocycles. The van der Waals surface area contributed by atoms with Crippen LogP contribution in [0.2, 0.25) is 0 Å². The van der Waals surface area contributed by atoms with Gasteiger partial charge in [0.2, 0.25) is 5.88 Å². The highest BCUT2D eigenvalue weighted by Crippen LogP contribution is 2.26. The molecule has 0 saturated carbocycles. The van der Waals surface area contributed by atoms with Gasteiger partial charge in [-0.25, -0.2) is 4.98 Å². The zero-order valence-corrected chi connectivity index (χ0v) is 16.5. The van der Waals surface area contributed by atoms with Crippen molar-refractivity contribution in [3.05, 3.63) is 93.7 Å². The van der Waals surface area contributed by atoms with Crippen LogP contribution in [0.25, 0.3) is 0 Å². The van der Waals surface area contributed by atoms with E-state index in [0.717, 1.165) is 11.1 Å². The first-order valence-corrected chi connectivity index (χ1v) is 9.21. The Morgan fingerprint density at radius 1 is 1.17 bits per heavy atom. The van der Waals surface area contributed by atoms with E-state index in [1.165, 1.54) is 24.4 Å². The van der Waals surface area contributed by atoms with Gasteiger partial charge in [-0.3, -0.25) is 14.9 Å². The molecule has 0 unspecified atom stereocenters. The summed E-state index contributed by atoms with van der Waals surface area (Å²) in [6.07, 6.45) is 1.47. The number of carbonyl (C=O) groups excluding carboxylic acids is 1. The number of benzene rings is 2. The quantitative estimate of drug-likeness (QED) is 0.453. The Morgan fingerprint density at radius 2 is 1.90 bits per heavy atom. The van der Waals surface area contributed by atoms with Crippen LogP contribution < -0.4 is 10.1 Å². The van der Waals surface area contributed by atoms with Crippen molar-refractivity contribution in [2.75, 3.05) is 0 Å². The molecular weight excluding hydrogens is 386 g/mol. The Morgan fingerprint density at radius 3 is 2.57 bits per heavy atom. The molecule has 1 amide bonds. The number of ether oxygens (including phenoxy) is 1. The molecule has 30 heavy (non-hydrogen) atoms. The lowest BCUT2D eigenvalue weighted by Gasteiger charge is -2.18. The van der Waals surface area contributed by atoms with E-state index in [9.17, 15) is 20.0 Å². The second-order valence-corrected chi connectivity index (χ2v) is 7.15. The summed E-state index contributed by atoms with van der Waals surface area (Å²) < 4.78 is 5.62. The van der Waals surface area contributed by atoms with Crippen molar-refractivity contribution in [3.63, 3.8) is 0 Å². The Hall–Kier alpha value is -3.78. The highest BCUT2D eigenvalue weighted by atomic mass is 16.6. The van der Waals surface area contributed by atoms with Crippen LogP contribution in [0, 0.1) is 10.1 Å². The van der Waals surface area contributed by atoms with Crippen LogP contribution in [0.4, 0.5) is 5.69 Å². The highest BCUT2D eigenvalue weighted by Gasteiger charge is 2.17. The maximum atomic E-state index is 12.7. The maximum absolute atomic E-state index is 12.7. The van der Waals surface area contributed by atoms with Gasteiger partial charge in [0.25, 0.3) is 11.6 Å². The minimum Gasteiger partial charge on any atom is -0.438 e. The SMILES string of the molecule is CC(C)(O)c1ccc(CNC(=O)c2cccnc2Oc2cccc([N+](=O)[O-])c2)cc1. The number of pyridine rings is 1. The van der Waals surface area contributed by atoms with E-state index in [0.29, 0.717) is 0 Å². The number of nitrogens with one attached hydrogen (secondary N) is 1. The van der Waals surface area contributed by atoms with Gasteiger partial charge >= 0.3 is 0 Å². The second-order valence-electron chi connectivity index (χ2n) is 7.15. The zero-order valence-electron chi connectivity index (χ0n) is 16.5. The summed E-state index contributed by atoms with van der Waals surface area (Å²) >= 11 is 0. The third-order valence-electron chi connectivity index (χ3n) is 4.37. The lowest BCUT2D eigenvalue weighted by atomic mass is 9.97. The van der Waals surface area contributed by atoms with Gasteiger partial charge in [-0.15, -0.1) is 0 Å². The summed E-state index contributed by atoms with van der Waals surface area (Å²) in [5.74, 6) is -0.137. The summed E-state index contributed by atoms with van der Waals surface area (Å²) in [6.45, 7) is 3.68. The molecule has 0 bridgehead atoms. The Bertz CT molecular complexity index is 1060. The molecule has 0 saturated heterocycles. The molecule has 0 radical (unpaired) electrons. The number of nitrogens with zero attached hydrogens (tertiary/aromatic N) is 2. The van der Waals surface area contributed by atoms with Gasteiger partial charge in [-0.05, 0) is 43.2 Å². The summed E-state index contributed by atoms with van der Waals surface area (Å²) in [4.78, 5) is 27.1. The predicted molar refractivity (Wildman–Crippen MR) is 110 cm³/mol. The molecule has 2 N–H and O–H groups in total. The predicted octanol–water partition coefficient (Wildman–Crippen LogP) is 3.94. The summed E-state index contributed by atoms with van der Waals surface area (Å²) in [6, 6.07) is 16.1. The first-order valence-electron chi connectivity index (χ1n) is 9.21. The molecule has 154 valence electrons. The third-order valence-corrected chi connectivity index (χ3v) is 4.37. The zero-order chi connectivity index (χ0) is 21.7. The Labute approximate surface area is 173 Å². The summed E-state index contributed by atoms with van der Waals surface area (Å²) in [5.41, 5.74) is 0.788. The number of amides is 1. The molecule has 8 heteroatoms. The molecule has 2 aromatic carbocycles. The van der Waals surface area contributed by atoms with Gasteiger partial charge < -0.3 is 15.2 Å². The van der Waals surface area contributed by atoms with Crippen molar-refractivity contribution in [1.82, 2.24) is 10.3 Å². The molecule has 0 aliphatic heterocycles. The Balaban J connectivity index is 1.71. The fourth-order valence-corrected chi connectivity index (χ4v) is 2.73. The van der Waals surface area contributed by atoms with Crippen molar-refractivity contribution in [2.24, 2.45) is 0 Å². The van der Waals surface area contributed by atoms with Crippen LogP contribution >= 0.6 is 0 Å². The smallest absolute Gasteiger partial charge is 0.273 e. The highest BCUT2D eigenvalue weighted by molar-refractivity contribution is 5.96. The molecular formula is C22H21N3O5. The van der Waals surface area contributed by atoms with E-state index in [1.807, 2.05) is 24.3 Å². The van der Waals surface area contributed by atoms with Crippen LogP contribution in [0.3, 0.4) is 0 Å². The molecule has 8 nitrogen and oxygen atoms in total. The van der Waals surface area contributed by atoms with Crippen molar-refractivity contribution in [2.45, 2.75) is 26.0 Å². The molecule has 3 rings (SSSR count). The number of carbonyl (C=O) groups is 1. The molecule has 0 fully saturated rings. The molecule has 0 aliphatic carbocycles. The van der Waals surface area contributed by atoms with E-state index in [-0.39, 0.29) is 29.4 Å². The molecule has 0 atom stereocenters. The standard InChI is InChI=1S/C22H21N3O5/c1-22(2,27)16-10-8-15(9-11-16)14-24-20(26)19-7-4-12-23-21(19)30-18-6-3-5-17(13-18)25(28)29/h3-13,27H,14H2,1-2H3,(H,24,26). The Kier molecular flexibility index (Phi) is 6.08. The average molecular weight is 407 g/mol. The minimum atomic E-state index is -0.934. The van der Waals surface area contributed by atoms with E-state index >= 15 is 0 Å². The fraction of sp³-hybridized carbons (Fsp3) is 0.182. The van der Waals surface area contributed by atoms with Gasteiger partial charge in [0, 0.05) is 18.8 Å². The van der Waals surface area contributed by atoms with Gasteiger partial charge in [-0.1, -0.05) is 30.3 Å². The van der Waals surface area contributed by atoms with Crippen molar-refractivity contribution in [1.29, 1.82) is 0 Å². The first kappa shape index (κ1) is 20.9. The van der Waals surface area contributed by atoms with E-state index < -0.39 is 16.4 Å². The topological polar surface area (TPSA) is 115 Å².